The molecule has 0 aliphatic carbocycles. The zero-order chi connectivity index (χ0) is 13.1. The molecule has 0 amide bonds. The molecule has 18 heavy (non-hydrogen) atoms. The van der Waals surface area contributed by atoms with Gasteiger partial charge in [-0.1, -0.05) is 11.8 Å². The largest absolute Gasteiger partial charge is 0.383 e. The highest BCUT2D eigenvalue weighted by molar-refractivity contribution is 9.10. The molecule has 96 valence electrons. The smallest absolute Gasteiger partial charge is 0.266 e. The Morgan fingerprint density at radius 1 is 1.56 bits per heavy atom. The van der Waals surface area contributed by atoms with E-state index in [9.17, 15) is 4.79 Å². The number of fused-ring (bicyclic) bond motifs is 1. The average molecular weight is 330 g/mol. The Hall–Kier alpha value is -0.920. The first kappa shape index (κ1) is 13.5. The van der Waals surface area contributed by atoms with Crippen molar-refractivity contribution in [3.63, 3.8) is 0 Å². The van der Waals surface area contributed by atoms with Gasteiger partial charge in [0.15, 0.2) is 5.16 Å². The molecule has 0 atom stereocenters. The number of hydrogen-bond donors (Lipinski definition) is 0. The van der Waals surface area contributed by atoms with Gasteiger partial charge in [-0.15, -0.1) is 0 Å². The molecule has 0 radical (unpaired) electrons. The Kier molecular flexibility index (Phi) is 4.36. The van der Waals surface area contributed by atoms with Crippen LogP contribution in [0, 0.1) is 0 Å². The molecule has 0 saturated carbocycles. The number of thioether (sulfide) groups is 1. The monoisotopic (exact) mass is 329 g/mol. The van der Waals surface area contributed by atoms with Crippen LogP contribution in [0.5, 0.6) is 0 Å². The highest BCUT2D eigenvalue weighted by Gasteiger charge is 2.09. The van der Waals surface area contributed by atoms with Gasteiger partial charge in [0.2, 0.25) is 0 Å². The Bertz CT molecular complexity index is 629. The van der Waals surface area contributed by atoms with E-state index in [4.69, 9.17) is 4.74 Å². The molecule has 0 saturated heterocycles. The highest BCUT2D eigenvalue weighted by atomic mass is 79.9. The number of pyridine rings is 1. The Morgan fingerprint density at radius 2 is 2.33 bits per heavy atom. The first-order chi connectivity index (χ1) is 8.67. The summed E-state index contributed by atoms with van der Waals surface area (Å²) in [6, 6.07) is 1.74. The third-order valence-electron chi connectivity index (χ3n) is 2.46. The van der Waals surface area contributed by atoms with E-state index in [1.165, 1.54) is 11.8 Å². The van der Waals surface area contributed by atoms with Crippen molar-refractivity contribution in [1.29, 1.82) is 0 Å². The van der Waals surface area contributed by atoms with Crippen LogP contribution in [0.25, 0.3) is 11.0 Å². The fraction of sp³-hybridized carbons (Fsp3) is 0.364. The molecule has 5 nitrogen and oxygen atoms in total. The van der Waals surface area contributed by atoms with Crippen molar-refractivity contribution < 1.29 is 4.74 Å². The van der Waals surface area contributed by atoms with Gasteiger partial charge in [-0.3, -0.25) is 9.36 Å². The van der Waals surface area contributed by atoms with Gasteiger partial charge in [0.25, 0.3) is 5.56 Å². The second-order valence-electron chi connectivity index (χ2n) is 3.58. The fourth-order valence-electron chi connectivity index (χ4n) is 1.60. The zero-order valence-corrected chi connectivity index (χ0v) is 12.4. The molecule has 2 rings (SSSR count). The summed E-state index contributed by atoms with van der Waals surface area (Å²) < 4.78 is 7.13. The number of rotatable bonds is 4. The van der Waals surface area contributed by atoms with Gasteiger partial charge in [0.05, 0.1) is 17.6 Å². The molecule has 2 aromatic rings. The number of halogens is 1. The summed E-state index contributed by atoms with van der Waals surface area (Å²) in [4.78, 5) is 20.7. The van der Waals surface area contributed by atoms with Crippen molar-refractivity contribution in [3.8, 4) is 0 Å². The second-order valence-corrected chi connectivity index (χ2v) is 5.21. The van der Waals surface area contributed by atoms with Crippen molar-refractivity contribution in [2.45, 2.75) is 11.7 Å². The molecular formula is C11H12BrN3O2S. The molecular weight excluding hydrogens is 318 g/mol. The number of aromatic nitrogens is 3. The van der Waals surface area contributed by atoms with Crippen LogP contribution in [0.4, 0.5) is 0 Å². The van der Waals surface area contributed by atoms with Gasteiger partial charge >= 0.3 is 0 Å². The summed E-state index contributed by atoms with van der Waals surface area (Å²) in [5.74, 6) is 0. The predicted molar refractivity (Wildman–Crippen MR) is 75.2 cm³/mol. The SMILES string of the molecule is COCCn1c(=O)c(Br)cc2cnc(SC)nc21. The first-order valence-corrected chi connectivity index (χ1v) is 7.28. The van der Waals surface area contributed by atoms with Crippen LogP contribution in [-0.2, 0) is 11.3 Å². The van der Waals surface area contributed by atoms with Gasteiger partial charge in [-0.05, 0) is 28.3 Å². The van der Waals surface area contributed by atoms with Crippen LogP contribution in [0.1, 0.15) is 0 Å². The van der Waals surface area contributed by atoms with E-state index in [1.807, 2.05) is 6.26 Å². The van der Waals surface area contributed by atoms with Crippen molar-refractivity contribution in [3.05, 3.63) is 27.1 Å². The number of methoxy groups -OCH3 is 1. The zero-order valence-electron chi connectivity index (χ0n) is 10.0. The standard InChI is InChI=1S/C11H12BrN3O2S/c1-17-4-3-15-9-7(5-8(12)10(15)16)6-13-11(14-9)18-2/h5-6H,3-4H2,1-2H3. The molecule has 7 heteroatoms. The quantitative estimate of drug-likeness (QED) is 0.633. The Morgan fingerprint density at radius 3 is 3.00 bits per heavy atom. The number of nitrogens with zero attached hydrogens (tertiary/aromatic N) is 3. The van der Waals surface area contributed by atoms with Crippen molar-refractivity contribution >= 4 is 38.7 Å². The van der Waals surface area contributed by atoms with Crippen LogP contribution in [0.15, 0.2) is 26.7 Å². The lowest BCUT2D eigenvalue weighted by Gasteiger charge is -2.10. The number of ether oxygens (including phenoxy) is 1. The van der Waals surface area contributed by atoms with Gasteiger partial charge in [0.1, 0.15) is 5.65 Å². The summed E-state index contributed by atoms with van der Waals surface area (Å²) in [6.45, 7) is 0.931. The lowest BCUT2D eigenvalue weighted by atomic mass is 10.3. The van der Waals surface area contributed by atoms with Crippen LogP contribution in [-0.4, -0.2) is 34.5 Å². The molecule has 0 spiro atoms. The predicted octanol–water partition coefficient (Wildman–Crippen LogP) is 1.92. The molecule has 2 heterocycles. The molecule has 0 aliphatic rings. The van der Waals surface area contributed by atoms with Crippen LogP contribution >= 0.6 is 27.7 Å². The van der Waals surface area contributed by atoms with Gasteiger partial charge in [-0.25, -0.2) is 9.97 Å². The van der Waals surface area contributed by atoms with Crippen molar-refractivity contribution in [1.82, 2.24) is 14.5 Å². The van der Waals surface area contributed by atoms with E-state index in [0.29, 0.717) is 28.4 Å². The fourth-order valence-corrected chi connectivity index (χ4v) is 2.39. The Labute approximate surface area is 117 Å². The molecule has 0 fully saturated rings. The van der Waals surface area contributed by atoms with Gasteiger partial charge in [-0.2, -0.15) is 0 Å². The van der Waals surface area contributed by atoms with Crippen LogP contribution < -0.4 is 5.56 Å². The maximum absolute atomic E-state index is 12.1. The summed E-state index contributed by atoms with van der Waals surface area (Å²) in [6.07, 6.45) is 3.62. The minimum Gasteiger partial charge on any atom is -0.383 e. The molecule has 0 aliphatic heterocycles. The normalized spacial score (nSPS) is 11.1. The van der Waals surface area contributed by atoms with Crippen molar-refractivity contribution in [2.24, 2.45) is 0 Å². The third-order valence-corrected chi connectivity index (χ3v) is 3.59. The molecule has 2 aromatic heterocycles. The van der Waals surface area contributed by atoms with Crippen LogP contribution in [0.2, 0.25) is 0 Å². The molecule has 0 N–H and O–H groups in total. The summed E-state index contributed by atoms with van der Waals surface area (Å²) in [5, 5.41) is 1.48. The highest BCUT2D eigenvalue weighted by Crippen LogP contribution is 2.17. The minimum absolute atomic E-state index is 0.106. The van der Waals surface area contributed by atoms with Gasteiger partial charge in [0, 0.05) is 18.7 Å². The Balaban J connectivity index is 2.68. The van der Waals surface area contributed by atoms with E-state index in [1.54, 1.807) is 23.9 Å². The third kappa shape index (κ3) is 2.57. The maximum Gasteiger partial charge on any atom is 0.266 e. The minimum atomic E-state index is -0.106. The average Bonchev–Trinajstić information content (AvgIpc) is 2.39. The summed E-state index contributed by atoms with van der Waals surface area (Å²) in [7, 11) is 1.60. The number of hydrogen-bond acceptors (Lipinski definition) is 5. The van der Waals surface area contributed by atoms with E-state index in [2.05, 4.69) is 25.9 Å². The lowest BCUT2D eigenvalue weighted by molar-refractivity contribution is 0.187. The summed E-state index contributed by atoms with van der Waals surface area (Å²) >= 11 is 4.71. The topological polar surface area (TPSA) is 57.0 Å². The molecule has 0 aromatic carbocycles. The summed E-state index contributed by atoms with van der Waals surface area (Å²) in [5.41, 5.74) is 0.532. The van der Waals surface area contributed by atoms with E-state index >= 15 is 0 Å². The lowest BCUT2D eigenvalue weighted by Crippen LogP contribution is -2.24. The van der Waals surface area contributed by atoms with E-state index < -0.39 is 0 Å². The molecule has 0 unspecified atom stereocenters. The second kappa shape index (κ2) is 5.81. The van der Waals surface area contributed by atoms with Crippen molar-refractivity contribution in [2.75, 3.05) is 20.0 Å². The molecule has 0 bridgehead atoms. The van der Waals surface area contributed by atoms with Gasteiger partial charge < -0.3 is 4.74 Å². The van der Waals surface area contributed by atoms with E-state index in [0.717, 1.165) is 5.39 Å². The van der Waals surface area contributed by atoms with Crippen LogP contribution in [0.3, 0.4) is 0 Å². The van der Waals surface area contributed by atoms with E-state index in [-0.39, 0.29) is 5.56 Å². The first-order valence-electron chi connectivity index (χ1n) is 5.26. The maximum atomic E-state index is 12.1.